The van der Waals surface area contributed by atoms with E-state index in [9.17, 15) is 18.0 Å². The van der Waals surface area contributed by atoms with Crippen molar-refractivity contribution < 1.29 is 27.5 Å². The molecule has 1 heterocycles. The zero-order chi connectivity index (χ0) is 14.0. The third-order valence-corrected chi connectivity index (χ3v) is 2.21. The first-order valence-electron chi connectivity index (χ1n) is 5.08. The van der Waals surface area contributed by atoms with Crippen LogP contribution < -0.4 is 0 Å². The molecule has 1 aromatic carbocycles. The molecule has 19 heavy (non-hydrogen) atoms. The number of halogens is 3. The predicted octanol–water partition coefficient (Wildman–Crippen LogP) is 2.38. The smallest absolute Gasteiger partial charge is 0.416 e. The van der Waals surface area contributed by atoms with Crippen molar-refractivity contribution in [3.05, 3.63) is 35.7 Å². The number of alkyl halides is 3. The number of aromatic nitrogens is 2. The summed E-state index contributed by atoms with van der Waals surface area (Å²) in [5.41, 5.74) is -0.762. The van der Waals surface area contributed by atoms with Crippen LogP contribution in [-0.2, 0) is 17.4 Å². The van der Waals surface area contributed by atoms with E-state index in [0.717, 1.165) is 12.1 Å². The summed E-state index contributed by atoms with van der Waals surface area (Å²) in [5.74, 6) is -1.48. The van der Waals surface area contributed by atoms with Gasteiger partial charge in [-0.05, 0) is 18.2 Å². The number of hydrogen-bond donors (Lipinski definition) is 1. The van der Waals surface area contributed by atoms with Crippen molar-refractivity contribution in [3.63, 3.8) is 0 Å². The SMILES string of the molecule is O=C(O)Cc1nnc(-c2cccc(C(F)(F)F)c2)o1. The van der Waals surface area contributed by atoms with Crippen LogP contribution in [0.15, 0.2) is 28.7 Å². The average molecular weight is 272 g/mol. The summed E-state index contributed by atoms with van der Waals surface area (Å²) in [7, 11) is 0. The summed E-state index contributed by atoms with van der Waals surface area (Å²) in [4.78, 5) is 10.4. The molecule has 0 aliphatic rings. The van der Waals surface area contributed by atoms with Crippen LogP contribution in [0.25, 0.3) is 11.5 Å². The number of nitrogens with zero attached hydrogens (tertiary/aromatic N) is 2. The summed E-state index contributed by atoms with van der Waals surface area (Å²) < 4.78 is 42.5. The largest absolute Gasteiger partial charge is 0.481 e. The number of hydrogen-bond acceptors (Lipinski definition) is 4. The first kappa shape index (κ1) is 13.1. The molecular weight excluding hydrogens is 265 g/mol. The fourth-order valence-corrected chi connectivity index (χ4v) is 1.40. The van der Waals surface area contributed by atoms with Crippen molar-refractivity contribution in [2.45, 2.75) is 12.6 Å². The lowest BCUT2D eigenvalue weighted by Crippen LogP contribution is -2.04. The maximum atomic E-state index is 12.5. The maximum Gasteiger partial charge on any atom is 0.416 e. The van der Waals surface area contributed by atoms with E-state index in [4.69, 9.17) is 9.52 Å². The second-order valence-electron chi connectivity index (χ2n) is 3.65. The quantitative estimate of drug-likeness (QED) is 0.928. The van der Waals surface area contributed by atoms with Crippen molar-refractivity contribution in [2.24, 2.45) is 0 Å². The van der Waals surface area contributed by atoms with Gasteiger partial charge in [-0.3, -0.25) is 4.79 Å². The number of carboxylic acids is 1. The number of aliphatic carboxylic acids is 1. The third kappa shape index (κ3) is 3.09. The Bertz CT molecular complexity index is 607. The summed E-state index contributed by atoms with van der Waals surface area (Å²) in [6, 6.07) is 4.35. The van der Waals surface area contributed by atoms with Crippen LogP contribution in [0.2, 0.25) is 0 Å². The minimum Gasteiger partial charge on any atom is -0.481 e. The van der Waals surface area contributed by atoms with Crippen molar-refractivity contribution in [2.75, 3.05) is 0 Å². The molecule has 2 rings (SSSR count). The molecule has 0 fully saturated rings. The summed E-state index contributed by atoms with van der Waals surface area (Å²) in [6.07, 6.45) is -4.95. The molecule has 100 valence electrons. The Hall–Kier alpha value is -2.38. The molecular formula is C11H7F3N2O3. The minimum absolute atomic E-state index is 0.0824. The standard InChI is InChI=1S/C11H7F3N2O3/c12-11(13,14)7-3-1-2-6(4-7)10-16-15-8(19-10)5-9(17)18/h1-4H,5H2,(H,17,18). The molecule has 0 radical (unpaired) electrons. The lowest BCUT2D eigenvalue weighted by Gasteiger charge is -2.06. The van der Waals surface area contributed by atoms with E-state index in [-0.39, 0.29) is 17.3 Å². The number of carbonyl (C=O) groups is 1. The fourth-order valence-electron chi connectivity index (χ4n) is 1.40. The Balaban J connectivity index is 2.32. The number of carboxylic acid groups (broad SMARTS) is 1. The molecule has 0 aliphatic carbocycles. The van der Waals surface area contributed by atoms with E-state index < -0.39 is 24.1 Å². The van der Waals surface area contributed by atoms with Crippen molar-refractivity contribution in [1.82, 2.24) is 10.2 Å². The molecule has 1 N–H and O–H groups in total. The van der Waals surface area contributed by atoms with E-state index in [1.165, 1.54) is 12.1 Å². The van der Waals surface area contributed by atoms with Crippen LogP contribution in [-0.4, -0.2) is 21.3 Å². The number of benzene rings is 1. The lowest BCUT2D eigenvalue weighted by molar-refractivity contribution is -0.138. The van der Waals surface area contributed by atoms with E-state index in [0.29, 0.717) is 0 Å². The summed E-state index contributed by atoms with van der Waals surface area (Å²) in [6.45, 7) is 0. The molecule has 0 bridgehead atoms. The van der Waals surface area contributed by atoms with Gasteiger partial charge >= 0.3 is 12.1 Å². The van der Waals surface area contributed by atoms with Crippen molar-refractivity contribution in [3.8, 4) is 11.5 Å². The van der Waals surface area contributed by atoms with E-state index >= 15 is 0 Å². The Morgan fingerprint density at radius 1 is 1.32 bits per heavy atom. The molecule has 0 spiro atoms. The maximum absolute atomic E-state index is 12.5. The van der Waals surface area contributed by atoms with Crippen LogP contribution in [0.5, 0.6) is 0 Å². The second kappa shape index (κ2) is 4.71. The number of rotatable bonds is 3. The lowest BCUT2D eigenvalue weighted by atomic mass is 10.1. The Labute approximate surface area is 104 Å². The van der Waals surface area contributed by atoms with Crippen LogP contribution in [0.1, 0.15) is 11.5 Å². The molecule has 0 aliphatic heterocycles. The topological polar surface area (TPSA) is 76.2 Å². The molecule has 8 heteroatoms. The van der Waals surface area contributed by atoms with Gasteiger partial charge in [-0.15, -0.1) is 10.2 Å². The predicted molar refractivity (Wildman–Crippen MR) is 56.1 cm³/mol. The monoisotopic (exact) mass is 272 g/mol. The van der Waals surface area contributed by atoms with Crippen LogP contribution >= 0.6 is 0 Å². The highest BCUT2D eigenvalue weighted by atomic mass is 19.4. The molecule has 0 saturated carbocycles. The molecule has 5 nitrogen and oxygen atoms in total. The van der Waals surface area contributed by atoms with Gasteiger partial charge in [-0.1, -0.05) is 6.07 Å². The minimum atomic E-state index is -4.47. The van der Waals surface area contributed by atoms with Gasteiger partial charge in [0.15, 0.2) is 0 Å². The molecule has 0 atom stereocenters. The molecule has 0 amide bonds. The highest BCUT2D eigenvalue weighted by Crippen LogP contribution is 2.31. The Kier molecular flexibility index (Phi) is 3.24. The Morgan fingerprint density at radius 3 is 2.68 bits per heavy atom. The van der Waals surface area contributed by atoms with Crippen LogP contribution in [0.4, 0.5) is 13.2 Å². The highest BCUT2D eigenvalue weighted by Gasteiger charge is 2.30. The molecule has 2 aromatic rings. The summed E-state index contributed by atoms with van der Waals surface area (Å²) >= 11 is 0. The van der Waals surface area contributed by atoms with Gasteiger partial charge in [0.1, 0.15) is 6.42 Å². The van der Waals surface area contributed by atoms with E-state index in [1.54, 1.807) is 0 Å². The van der Waals surface area contributed by atoms with Gasteiger partial charge in [-0.25, -0.2) is 0 Å². The normalized spacial score (nSPS) is 11.5. The Morgan fingerprint density at radius 2 is 2.05 bits per heavy atom. The molecule has 1 aromatic heterocycles. The second-order valence-corrected chi connectivity index (χ2v) is 3.65. The fraction of sp³-hybridized carbons (Fsp3) is 0.182. The van der Waals surface area contributed by atoms with Gasteiger partial charge < -0.3 is 9.52 Å². The van der Waals surface area contributed by atoms with Crippen LogP contribution in [0.3, 0.4) is 0 Å². The van der Waals surface area contributed by atoms with Gasteiger partial charge in [0.2, 0.25) is 11.8 Å². The van der Waals surface area contributed by atoms with E-state index in [1.807, 2.05) is 0 Å². The first-order valence-corrected chi connectivity index (χ1v) is 5.08. The van der Waals surface area contributed by atoms with Crippen LogP contribution in [0, 0.1) is 0 Å². The van der Waals surface area contributed by atoms with Gasteiger partial charge in [0, 0.05) is 5.56 Å². The highest BCUT2D eigenvalue weighted by molar-refractivity contribution is 5.68. The summed E-state index contributed by atoms with van der Waals surface area (Å²) in [5, 5.41) is 15.5. The van der Waals surface area contributed by atoms with Gasteiger partial charge in [0.05, 0.1) is 5.56 Å². The third-order valence-electron chi connectivity index (χ3n) is 2.21. The first-order chi connectivity index (χ1) is 8.86. The van der Waals surface area contributed by atoms with Gasteiger partial charge in [0.25, 0.3) is 0 Å². The zero-order valence-electron chi connectivity index (χ0n) is 9.31. The average Bonchev–Trinajstić information content (AvgIpc) is 2.76. The zero-order valence-corrected chi connectivity index (χ0v) is 9.31. The van der Waals surface area contributed by atoms with Crippen molar-refractivity contribution >= 4 is 5.97 Å². The van der Waals surface area contributed by atoms with Gasteiger partial charge in [-0.2, -0.15) is 13.2 Å². The molecule has 0 saturated heterocycles. The molecule has 0 unspecified atom stereocenters. The van der Waals surface area contributed by atoms with Crippen molar-refractivity contribution in [1.29, 1.82) is 0 Å². The van der Waals surface area contributed by atoms with E-state index in [2.05, 4.69) is 10.2 Å².